The summed E-state index contributed by atoms with van der Waals surface area (Å²) in [5.74, 6) is 2.09. The maximum absolute atomic E-state index is 8.87. The summed E-state index contributed by atoms with van der Waals surface area (Å²) in [7, 11) is 3.20. The van der Waals surface area contributed by atoms with E-state index in [0.29, 0.717) is 35.5 Å². The minimum atomic E-state index is 0.0790. The molecule has 0 aliphatic heterocycles. The normalized spacial score (nSPS) is 10.0. The van der Waals surface area contributed by atoms with Crippen LogP contribution in [0.4, 0.5) is 23.5 Å². The highest BCUT2D eigenvalue weighted by atomic mass is 16.5. The third-order valence-corrected chi connectivity index (χ3v) is 3.85. The van der Waals surface area contributed by atoms with Crippen molar-refractivity contribution in [3.8, 4) is 17.6 Å². The van der Waals surface area contributed by atoms with E-state index in [9.17, 15) is 0 Å². The van der Waals surface area contributed by atoms with Gasteiger partial charge in [-0.2, -0.15) is 20.2 Å². The highest BCUT2D eigenvalue weighted by Crippen LogP contribution is 2.25. The molecule has 3 rings (SSSR count). The quantitative estimate of drug-likeness (QED) is 0.568. The number of nitrogens with zero attached hydrogens (tertiary/aromatic N) is 4. The standard InChI is InChI=1S/C19H19N7O2/c1-27-15-8-5-13(16(9-15)28-2)11-22-18-24-17(21)25-19(26-18)23-14-6-3-12(10-20)4-7-14/h3-9H,11H2,1-2H3,(H4,21,22,23,24,25,26). The van der Waals surface area contributed by atoms with Gasteiger partial charge in [0.15, 0.2) is 0 Å². The number of nitrogens with two attached hydrogens (primary N) is 1. The number of rotatable bonds is 7. The molecular formula is C19H19N7O2. The van der Waals surface area contributed by atoms with Crippen molar-refractivity contribution < 1.29 is 9.47 Å². The first-order valence-electron chi connectivity index (χ1n) is 8.35. The lowest BCUT2D eigenvalue weighted by molar-refractivity contribution is 0.391. The van der Waals surface area contributed by atoms with Crippen molar-refractivity contribution in [2.75, 3.05) is 30.6 Å². The Morgan fingerprint density at radius 1 is 1.00 bits per heavy atom. The van der Waals surface area contributed by atoms with Gasteiger partial charge in [0.1, 0.15) is 11.5 Å². The van der Waals surface area contributed by atoms with E-state index < -0.39 is 0 Å². The van der Waals surface area contributed by atoms with E-state index >= 15 is 0 Å². The second-order valence-corrected chi connectivity index (χ2v) is 5.69. The lowest BCUT2D eigenvalue weighted by Gasteiger charge is -2.12. The Balaban J connectivity index is 1.73. The molecule has 3 aromatic rings. The predicted molar refractivity (Wildman–Crippen MR) is 106 cm³/mol. The van der Waals surface area contributed by atoms with Gasteiger partial charge in [0.05, 0.1) is 25.9 Å². The van der Waals surface area contributed by atoms with Crippen LogP contribution in [0.25, 0.3) is 0 Å². The van der Waals surface area contributed by atoms with Crippen LogP contribution in [0.5, 0.6) is 11.5 Å². The van der Waals surface area contributed by atoms with Crippen molar-refractivity contribution in [1.82, 2.24) is 15.0 Å². The molecule has 0 saturated heterocycles. The molecule has 0 aliphatic carbocycles. The number of hydrogen-bond acceptors (Lipinski definition) is 9. The summed E-state index contributed by atoms with van der Waals surface area (Å²) in [6.45, 7) is 0.424. The molecule has 4 N–H and O–H groups in total. The topological polar surface area (TPSA) is 131 Å². The Bertz CT molecular complexity index is 1000. The highest BCUT2D eigenvalue weighted by molar-refractivity contribution is 5.56. The predicted octanol–water partition coefficient (Wildman–Crippen LogP) is 2.70. The third-order valence-electron chi connectivity index (χ3n) is 3.85. The van der Waals surface area contributed by atoms with Gasteiger partial charge in [-0.1, -0.05) is 0 Å². The minimum Gasteiger partial charge on any atom is -0.497 e. The van der Waals surface area contributed by atoms with Gasteiger partial charge in [0.25, 0.3) is 0 Å². The van der Waals surface area contributed by atoms with Gasteiger partial charge >= 0.3 is 0 Å². The molecule has 0 unspecified atom stereocenters. The number of nitrogen functional groups attached to an aromatic ring is 1. The van der Waals surface area contributed by atoms with Crippen LogP contribution in [0, 0.1) is 11.3 Å². The van der Waals surface area contributed by atoms with Gasteiger partial charge in [-0.15, -0.1) is 0 Å². The number of nitrogens with one attached hydrogen (secondary N) is 2. The molecule has 1 aromatic heterocycles. The van der Waals surface area contributed by atoms with E-state index in [1.807, 2.05) is 12.1 Å². The zero-order valence-corrected chi connectivity index (χ0v) is 15.4. The molecule has 0 radical (unpaired) electrons. The monoisotopic (exact) mass is 377 g/mol. The second-order valence-electron chi connectivity index (χ2n) is 5.69. The molecule has 9 heteroatoms. The van der Waals surface area contributed by atoms with Gasteiger partial charge in [0.2, 0.25) is 17.8 Å². The molecule has 0 atom stereocenters. The molecular weight excluding hydrogens is 358 g/mol. The zero-order valence-electron chi connectivity index (χ0n) is 15.4. The van der Waals surface area contributed by atoms with E-state index in [2.05, 4.69) is 31.7 Å². The fraction of sp³-hybridized carbons (Fsp3) is 0.158. The smallest absolute Gasteiger partial charge is 0.233 e. The molecule has 1 heterocycles. The van der Waals surface area contributed by atoms with Crippen molar-refractivity contribution in [3.05, 3.63) is 53.6 Å². The van der Waals surface area contributed by atoms with Gasteiger partial charge in [-0.25, -0.2) is 0 Å². The molecule has 9 nitrogen and oxygen atoms in total. The molecule has 0 aliphatic rings. The fourth-order valence-corrected chi connectivity index (χ4v) is 2.46. The van der Waals surface area contributed by atoms with Crippen LogP contribution in [0.3, 0.4) is 0 Å². The fourth-order valence-electron chi connectivity index (χ4n) is 2.46. The minimum absolute atomic E-state index is 0.0790. The van der Waals surface area contributed by atoms with Crippen molar-refractivity contribution in [2.45, 2.75) is 6.54 Å². The van der Waals surface area contributed by atoms with Crippen LogP contribution in [-0.4, -0.2) is 29.2 Å². The summed E-state index contributed by atoms with van der Waals surface area (Å²) in [5.41, 5.74) is 8.00. The lowest BCUT2D eigenvalue weighted by Crippen LogP contribution is -2.10. The van der Waals surface area contributed by atoms with Crippen LogP contribution < -0.4 is 25.8 Å². The number of anilines is 4. The van der Waals surface area contributed by atoms with Crippen LogP contribution in [-0.2, 0) is 6.54 Å². The first-order valence-corrected chi connectivity index (χ1v) is 8.35. The Morgan fingerprint density at radius 3 is 2.43 bits per heavy atom. The molecule has 2 aromatic carbocycles. The Labute approximate surface area is 162 Å². The van der Waals surface area contributed by atoms with Crippen LogP contribution >= 0.6 is 0 Å². The number of benzene rings is 2. The molecule has 0 spiro atoms. The molecule has 28 heavy (non-hydrogen) atoms. The van der Waals surface area contributed by atoms with Crippen LogP contribution in [0.2, 0.25) is 0 Å². The summed E-state index contributed by atoms with van der Waals surface area (Å²) >= 11 is 0. The van der Waals surface area contributed by atoms with Crippen molar-refractivity contribution in [3.63, 3.8) is 0 Å². The maximum Gasteiger partial charge on any atom is 0.233 e. The summed E-state index contributed by atoms with van der Waals surface area (Å²) in [6.07, 6.45) is 0. The van der Waals surface area contributed by atoms with Crippen molar-refractivity contribution >= 4 is 23.5 Å². The Morgan fingerprint density at radius 2 is 1.75 bits per heavy atom. The molecule has 0 bridgehead atoms. The summed E-state index contributed by atoms with van der Waals surface area (Å²) < 4.78 is 10.6. The number of aromatic nitrogens is 3. The zero-order chi connectivity index (χ0) is 19.9. The van der Waals surface area contributed by atoms with Crippen molar-refractivity contribution in [1.29, 1.82) is 5.26 Å². The number of methoxy groups -OCH3 is 2. The second kappa shape index (κ2) is 8.55. The first kappa shape index (κ1) is 18.7. The summed E-state index contributed by atoms with van der Waals surface area (Å²) in [5, 5.41) is 15.0. The van der Waals surface area contributed by atoms with E-state index in [0.717, 1.165) is 11.3 Å². The average molecular weight is 377 g/mol. The van der Waals surface area contributed by atoms with E-state index in [1.54, 1.807) is 44.6 Å². The Hall–Kier alpha value is -4.06. The SMILES string of the molecule is COc1ccc(CNc2nc(N)nc(Nc3ccc(C#N)cc3)n2)c(OC)c1. The van der Waals surface area contributed by atoms with Gasteiger partial charge in [-0.3, -0.25) is 0 Å². The molecule has 142 valence electrons. The van der Waals surface area contributed by atoms with E-state index in [-0.39, 0.29) is 5.95 Å². The van der Waals surface area contributed by atoms with Gasteiger partial charge in [-0.05, 0) is 36.4 Å². The number of hydrogen-bond donors (Lipinski definition) is 3. The first-order chi connectivity index (χ1) is 13.6. The third kappa shape index (κ3) is 4.56. The largest absolute Gasteiger partial charge is 0.497 e. The van der Waals surface area contributed by atoms with Crippen LogP contribution in [0.1, 0.15) is 11.1 Å². The van der Waals surface area contributed by atoms with Crippen LogP contribution in [0.15, 0.2) is 42.5 Å². The highest BCUT2D eigenvalue weighted by Gasteiger charge is 2.08. The summed E-state index contributed by atoms with van der Waals surface area (Å²) in [4.78, 5) is 12.5. The number of ether oxygens (including phenoxy) is 2. The molecule has 0 amide bonds. The van der Waals surface area contributed by atoms with Gasteiger partial charge < -0.3 is 25.8 Å². The molecule has 0 saturated carbocycles. The van der Waals surface area contributed by atoms with E-state index in [1.165, 1.54) is 0 Å². The Kier molecular flexibility index (Phi) is 5.72. The van der Waals surface area contributed by atoms with Crippen molar-refractivity contribution in [2.24, 2.45) is 0 Å². The lowest BCUT2D eigenvalue weighted by atomic mass is 10.2. The number of nitriles is 1. The summed E-state index contributed by atoms with van der Waals surface area (Å²) in [6, 6.07) is 14.5. The average Bonchev–Trinajstić information content (AvgIpc) is 2.72. The molecule has 0 fully saturated rings. The van der Waals surface area contributed by atoms with Gasteiger partial charge in [0, 0.05) is 23.9 Å². The maximum atomic E-state index is 8.87. The van der Waals surface area contributed by atoms with E-state index in [4.69, 9.17) is 20.5 Å².